The summed E-state index contributed by atoms with van der Waals surface area (Å²) in [6.45, 7) is 1.91. The number of rotatable bonds is 4. The molecule has 2 aromatic heterocycles. The van der Waals surface area contributed by atoms with Crippen LogP contribution >= 0.6 is 0 Å². The molecule has 0 saturated carbocycles. The molecule has 0 aliphatic carbocycles. The molecule has 1 aromatic carbocycles. The third-order valence-corrected chi connectivity index (χ3v) is 3.33. The van der Waals surface area contributed by atoms with Gasteiger partial charge in [0.05, 0.1) is 23.2 Å². The maximum Gasteiger partial charge on any atom is 0.312 e. The number of ether oxygens (including phenoxy) is 1. The average molecular weight is 310 g/mol. The molecule has 0 atom stereocenters. The van der Waals surface area contributed by atoms with Gasteiger partial charge in [-0.1, -0.05) is 18.2 Å². The molecular formula is C16H14N4O3. The first-order valence-electron chi connectivity index (χ1n) is 7.03. The second kappa shape index (κ2) is 6.35. The van der Waals surface area contributed by atoms with E-state index >= 15 is 0 Å². The van der Waals surface area contributed by atoms with Gasteiger partial charge in [-0.15, -0.1) is 0 Å². The number of benzene rings is 1. The van der Waals surface area contributed by atoms with Crippen molar-refractivity contribution in [2.24, 2.45) is 0 Å². The van der Waals surface area contributed by atoms with Gasteiger partial charge in [-0.3, -0.25) is 9.59 Å². The summed E-state index contributed by atoms with van der Waals surface area (Å²) in [5.74, 6) is -0.439. The lowest BCUT2D eigenvalue weighted by Gasteiger charge is -2.06. The normalized spacial score (nSPS) is 10.7. The van der Waals surface area contributed by atoms with Crippen LogP contribution in [0.25, 0.3) is 10.8 Å². The van der Waals surface area contributed by atoms with E-state index in [0.717, 1.165) is 5.69 Å². The van der Waals surface area contributed by atoms with Gasteiger partial charge < -0.3 is 4.74 Å². The highest BCUT2D eigenvalue weighted by Crippen LogP contribution is 2.13. The molecule has 0 bridgehead atoms. The molecule has 0 aliphatic rings. The van der Waals surface area contributed by atoms with Crippen molar-refractivity contribution in [2.45, 2.75) is 20.0 Å². The number of hydrogen-bond acceptors (Lipinski definition) is 6. The predicted octanol–water partition coefficient (Wildman–Crippen LogP) is 1.31. The Bertz CT molecular complexity index is 920. The zero-order valence-electron chi connectivity index (χ0n) is 12.4. The van der Waals surface area contributed by atoms with Crippen LogP contribution < -0.4 is 5.56 Å². The van der Waals surface area contributed by atoms with Crippen molar-refractivity contribution in [1.29, 1.82) is 0 Å². The molecule has 0 unspecified atom stereocenters. The van der Waals surface area contributed by atoms with Crippen LogP contribution in [0.4, 0.5) is 0 Å². The fourth-order valence-corrected chi connectivity index (χ4v) is 2.24. The summed E-state index contributed by atoms with van der Waals surface area (Å²) in [6.07, 6.45) is 1.40. The Morgan fingerprint density at radius 3 is 2.78 bits per heavy atom. The molecule has 0 aliphatic heterocycles. The summed E-state index contributed by atoms with van der Waals surface area (Å²) in [4.78, 5) is 31.7. The predicted molar refractivity (Wildman–Crippen MR) is 82.6 cm³/mol. The average Bonchev–Trinajstić information content (AvgIpc) is 2.56. The number of hydrogen-bond donors (Lipinski definition) is 1. The van der Waals surface area contributed by atoms with Crippen LogP contribution in [-0.4, -0.2) is 26.1 Å². The largest absolute Gasteiger partial charge is 0.459 e. The van der Waals surface area contributed by atoms with Gasteiger partial charge in [0.1, 0.15) is 12.9 Å². The number of aromatic amines is 1. The Kier molecular flexibility index (Phi) is 4.09. The second-order valence-corrected chi connectivity index (χ2v) is 5.03. The van der Waals surface area contributed by atoms with E-state index in [0.29, 0.717) is 22.2 Å². The van der Waals surface area contributed by atoms with Gasteiger partial charge in [0.15, 0.2) is 0 Å². The van der Waals surface area contributed by atoms with E-state index in [2.05, 4.69) is 20.2 Å². The molecule has 0 amide bonds. The Hall–Kier alpha value is -3.09. The van der Waals surface area contributed by atoms with Gasteiger partial charge in [-0.05, 0) is 19.1 Å². The van der Waals surface area contributed by atoms with Crippen molar-refractivity contribution >= 4 is 16.7 Å². The van der Waals surface area contributed by atoms with Crippen molar-refractivity contribution in [2.75, 3.05) is 0 Å². The minimum atomic E-state index is -0.439. The van der Waals surface area contributed by atoms with Gasteiger partial charge in [-0.2, -0.15) is 5.10 Å². The summed E-state index contributed by atoms with van der Waals surface area (Å²) in [6, 6.07) is 8.75. The molecule has 0 fully saturated rings. The van der Waals surface area contributed by atoms with Crippen molar-refractivity contribution < 1.29 is 9.53 Å². The first-order chi connectivity index (χ1) is 11.1. The van der Waals surface area contributed by atoms with Crippen LogP contribution in [0.1, 0.15) is 17.1 Å². The molecule has 0 radical (unpaired) electrons. The topological polar surface area (TPSA) is 97.8 Å². The van der Waals surface area contributed by atoms with Crippen molar-refractivity contribution in [3.05, 3.63) is 64.1 Å². The molecule has 3 aromatic rings. The second-order valence-electron chi connectivity index (χ2n) is 5.03. The molecule has 0 spiro atoms. The number of H-pyrrole nitrogens is 1. The maximum atomic E-state index is 12.0. The highest BCUT2D eigenvalue weighted by molar-refractivity contribution is 5.86. The fraction of sp³-hybridized carbons (Fsp3) is 0.188. The minimum Gasteiger partial charge on any atom is -0.459 e. The smallest absolute Gasteiger partial charge is 0.312 e. The minimum absolute atomic E-state index is 0.0264. The van der Waals surface area contributed by atoms with E-state index in [9.17, 15) is 9.59 Å². The van der Waals surface area contributed by atoms with Crippen LogP contribution in [-0.2, 0) is 22.6 Å². The highest BCUT2D eigenvalue weighted by atomic mass is 16.5. The molecule has 0 saturated heterocycles. The Balaban J connectivity index is 1.73. The molecule has 23 heavy (non-hydrogen) atoms. The lowest BCUT2D eigenvalue weighted by Crippen LogP contribution is -2.15. The van der Waals surface area contributed by atoms with Crippen LogP contribution in [0, 0.1) is 6.92 Å². The number of carbonyl (C=O) groups excluding carboxylic acids is 1. The number of esters is 1. The number of aryl methyl sites for hydroxylation is 1. The monoisotopic (exact) mass is 310 g/mol. The summed E-state index contributed by atoms with van der Waals surface area (Å²) >= 11 is 0. The third kappa shape index (κ3) is 3.39. The molecule has 2 heterocycles. The molecule has 3 rings (SSSR count). The van der Waals surface area contributed by atoms with Crippen molar-refractivity contribution in [1.82, 2.24) is 20.2 Å². The third-order valence-electron chi connectivity index (χ3n) is 3.33. The standard InChI is InChI=1S/C16H14N4O3/c1-10-6-11(18-9-17-10)8-23-15(21)7-14-12-4-2-3-5-13(12)16(22)20-19-14/h2-6,9H,7-8H2,1H3,(H,20,22). The van der Waals surface area contributed by atoms with E-state index in [1.807, 2.05) is 6.92 Å². The van der Waals surface area contributed by atoms with Crippen LogP contribution in [0.15, 0.2) is 41.5 Å². The summed E-state index contributed by atoms with van der Waals surface area (Å²) in [5, 5.41) is 7.49. The quantitative estimate of drug-likeness (QED) is 0.730. The number of aromatic nitrogens is 4. The summed E-state index contributed by atoms with van der Waals surface area (Å²) in [7, 11) is 0. The van der Waals surface area contributed by atoms with E-state index in [-0.39, 0.29) is 18.6 Å². The molecule has 1 N–H and O–H groups in total. The Morgan fingerprint density at radius 2 is 2.00 bits per heavy atom. The SMILES string of the molecule is Cc1cc(COC(=O)Cc2n[nH]c(=O)c3ccccc23)ncn1. The zero-order chi connectivity index (χ0) is 16.2. The number of nitrogens with zero attached hydrogens (tertiary/aromatic N) is 3. The van der Waals surface area contributed by atoms with E-state index < -0.39 is 5.97 Å². The number of carbonyl (C=O) groups is 1. The van der Waals surface area contributed by atoms with E-state index in [1.165, 1.54) is 6.33 Å². The van der Waals surface area contributed by atoms with Crippen LogP contribution in [0.2, 0.25) is 0 Å². The molecule has 7 nitrogen and oxygen atoms in total. The van der Waals surface area contributed by atoms with E-state index in [1.54, 1.807) is 30.3 Å². The summed E-state index contributed by atoms with van der Waals surface area (Å²) < 4.78 is 5.20. The van der Waals surface area contributed by atoms with Crippen LogP contribution in [0.5, 0.6) is 0 Å². The molecule has 116 valence electrons. The van der Waals surface area contributed by atoms with E-state index in [4.69, 9.17) is 4.74 Å². The lowest BCUT2D eigenvalue weighted by molar-refractivity contribution is -0.144. The number of fused-ring (bicyclic) bond motifs is 1. The Morgan fingerprint density at radius 1 is 1.22 bits per heavy atom. The Labute approximate surface area is 131 Å². The van der Waals surface area contributed by atoms with Gasteiger partial charge >= 0.3 is 5.97 Å². The van der Waals surface area contributed by atoms with Crippen molar-refractivity contribution in [3.63, 3.8) is 0 Å². The lowest BCUT2D eigenvalue weighted by atomic mass is 10.1. The molecular weight excluding hydrogens is 296 g/mol. The maximum absolute atomic E-state index is 12.0. The fourth-order valence-electron chi connectivity index (χ4n) is 2.24. The van der Waals surface area contributed by atoms with Gasteiger partial charge in [-0.25, -0.2) is 15.1 Å². The first-order valence-corrected chi connectivity index (χ1v) is 7.03. The van der Waals surface area contributed by atoms with Gasteiger partial charge in [0.25, 0.3) is 5.56 Å². The first kappa shape index (κ1) is 14.8. The summed E-state index contributed by atoms with van der Waals surface area (Å²) in [5.41, 5.74) is 1.63. The zero-order valence-corrected chi connectivity index (χ0v) is 12.4. The van der Waals surface area contributed by atoms with Gasteiger partial charge in [0.2, 0.25) is 0 Å². The highest BCUT2D eigenvalue weighted by Gasteiger charge is 2.12. The van der Waals surface area contributed by atoms with Crippen LogP contribution in [0.3, 0.4) is 0 Å². The van der Waals surface area contributed by atoms with Crippen molar-refractivity contribution in [3.8, 4) is 0 Å². The number of nitrogens with one attached hydrogen (secondary N) is 1. The van der Waals surface area contributed by atoms with Gasteiger partial charge in [0, 0.05) is 11.1 Å². The molecule has 7 heteroatoms.